The van der Waals surface area contributed by atoms with E-state index in [0.717, 1.165) is 12.8 Å². The molecular formula is C18H47N3O6S. The summed E-state index contributed by atoms with van der Waals surface area (Å²) in [4.78, 5) is 10.2. The largest absolute Gasteiger partial charge is 0.759 e. The van der Waals surface area contributed by atoms with Gasteiger partial charge in [-0.05, 0) is 12.8 Å². The van der Waals surface area contributed by atoms with Crippen LogP contribution in [0.2, 0.25) is 0 Å². The Morgan fingerprint density at radius 2 is 0.821 bits per heavy atom. The Morgan fingerprint density at radius 3 is 1.04 bits per heavy atom. The summed E-state index contributed by atoms with van der Waals surface area (Å²) in [7, 11) is -5.17. The van der Waals surface area contributed by atoms with Crippen molar-refractivity contribution in [3.8, 4) is 0 Å². The standard InChI is InChI=1S/C18H36O2.3H3N.H2O4S/c1-2-3-4-5-6-7-8-9-10-11-12-13-14-15-16-17-18(19)20;;;;1-5(2,3)4/h2-17H2,1H3,(H,19,20);3*1H3;(H2,1,2,3,4). The third kappa shape index (κ3) is 56.2. The molecule has 0 saturated heterocycles. The highest BCUT2D eigenvalue weighted by Crippen LogP contribution is 2.13. The van der Waals surface area contributed by atoms with E-state index < -0.39 is 16.4 Å². The summed E-state index contributed by atoms with van der Waals surface area (Å²) in [5, 5.41) is 10.2. The highest BCUT2D eigenvalue weighted by Gasteiger charge is 1.94. The Hall–Kier alpha value is -0.780. The molecule has 176 valence electrons. The molecule has 0 heterocycles. The zero-order valence-electron chi connectivity index (χ0n) is 18.7. The summed E-state index contributed by atoms with van der Waals surface area (Å²) >= 11 is 0. The van der Waals surface area contributed by atoms with Gasteiger partial charge in [-0.1, -0.05) is 96.8 Å². The first-order valence-electron chi connectivity index (χ1n) is 9.64. The lowest BCUT2D eigenvalue weighted by atomic mass is 10.0. The van der Waals surface area contributed by atoms with Crippen molar-refractivity contribution in [2.24, 2.45) is 0 Å². The summed E-state index contributed by atoms with van der Waals surface area (Å²) in [5.74, 6) is -0.903. The topological polar surface area (TPSA) is 230 Å². The Bertz CT molecular complexity index is 387. The van der Waals surface area contributed by atoms with Crippen molar-refractivity contribution in [3.05, 3.63) is 0 Å². The smallest absolute Gasteiger partial charge is 0.0414 e. The van der Waals surface area contributed by atoms with E-state index in [2.05, 4.69) is 6.92 Å². The van der Waals surface area contributed by atoms with Crippen LogP contribution in [0.5, 0.6) is 0 Å². The molecule has 0 aliphatic heterocycles. The molecule has 0 aromatic rings. The second-order valence-electron chi connectivity index (χ2n) is 6.48. The van der Waals surface area contributed by atoms with Gasteiger partial charge in [0.1, 0.15) is 0 Å². The fourth-order valence-corrected chi connectivity index (χ4v) is 2.64. The van der Waals surface area contributed by atoms with Gasteiger partial charge in [0.2, 0.25) is 0 Å². The maximum absolute atomic E-state index is 10.2. The van der Waals surface area contributed by atoms with Gasteiger partial charge < -0.3 is 37.5 Å². The molecule has 0 amide bonds. The Balaban J connectivity index is -0.000000195. The number of carbonyl (C=O) groups excluding carboxylic acids is 1. The van der Waals surface area contributed by atoms with Crippen molar-refractivity contribution in [1.82, 2.24) is 18.5 Å². The van der Waals surface area contributed by atoms with Crippen molar-refractivity contribution in [2.75, 3.05) is 0 Å². The van der Waals surface area contributed by atoms with E-state index in [0.29, 0.717) is 0 Å². The fraction of sp³-hybridized carbons (Fsp3) is 0.944. The maximum Gasteiger partial charge on any atom is 0.0414 e. The molecule has 0 radical (unpaired) electrons. The average Bonchev–Trinajstić information content (AvgIpc) is 2.49. The molecule has 10 heteroatoms. The van der Waals surface area contributed by atoms with Gasteiger partial charge in [0.05, 0.1) is 0 Å². The molecule has 0 aromatic heterocycles. The highest BCUT2D eigenvalue weighted by atomic mass is 32.3. The molecule has 0 unspecified atom stereocenters. The number of aliphatic carboxylic acids is 1. The second-order valence-corrected chi connectivity index (χ2v) is 7.30. The molecule has 0 atom stereocenters. The van der Waals surface area contributed by atoms with Crippen molar-refractivity contribution in [2.45, 2.75) is 110 Å². The van der Waals surface area contributed by atoms with E-state index in [1.54, 1.807) is 0 Å². The van der Waals surface area contributed by atoms with Gasteiger partial charge in [-0.3, -0.25) is 8.42 Å². The van der Waals surface area contributed by atoms with Crippen molar-refractivity contribution in [1.29, 1.82) is 0 Å². The van der Waals surface area contributed by atoms with Crippen LogP contribution in [0.25, 0.3) is 0 Å². The van der Waals surface area contributed by atoms with E-state index in [9.17, 15) is 9.90 Å². The van der Waals surface area contributed by atoms with Crippen LogP contribution in [-0.2, 0) is 15.2 Å². The van der Waals surface area contributed by atoms with Gasteiger partial charge in [-0.2, -0.15) is 0 Å². The number of hydrogen-bond acceptors (Lipinski definition) is 6. The van der Waals surface area contributed by atoms with E-state index in [1.165, 1.54) is 83.5 Å². The molecule has 0 spiro atoms. The molecule has 0 rings (SSSR count). The predicted molar refractivity (Wildman–Crippen MR) is 113 cm³/mol. The molecule has 9 nitrogen and oxygen atoms in total. The van der Waals surface area contributed by atoms with E-state index in [4.69, 9.17) is 17.5 Å². The van der Waals surface area contributed by atoms with Gasteiger partial charge in [0.15, 0.2) is 0 Å². The summed E-state index contributed by atoms with van der Waals surface area (Å²) < 4.78 is 34.1. The summed E-state index contributed by atoms with van der Waals surface area (Å²) in [6, 6.07) is 0. The van der Waals surface area contributed by atoms with Crippen molar-refractivity contribution >= 4 is 16.4 Å². The summed E-state index contributed by atoms with van der Waals surface area (Å²) in [6.07, 6.45) is 19.9. The van der Waals surface area contributed by atoms with Gasteiger partial charge in [-0.15, -0.1) is 0 Å². The van der Waals surface area contributed by atoms with Crippen LogP contribution in [-0.4, -0.2) is 23.5 Å². The third-order valence-electron chi connectivity index (χ3n) is 3.98. The molecular weight excluding hydrogens is 386 g/mol. The molecule has 28 heavy (non-hydrogen) atoms. The van der Waals surface area contributed by atoms with Crippen LogP contribution in [0.3, 0.4) is 0 Å². The normalized spacial score (nSPS) is 9.82. The third-order valence-corrected chi connectivity index (χ3v) is 3.98. The number of rotatable bonds is 16. The van der Waals surface area contributed by atoms with Gasteiger partial charge in [0, 0.05) is 16.4 Å². The summed E-state index contributed by atoms with van der Waals surface area (Å²) in [5.41, 5.74) is 0. The van der Waals surface area contributed by atoms with Crippen LogP contribution in [0, 0.1) is 0 Å². The quantitative estimate of drug-likeness (QED) is 0.176. The number of unbranched alkanes of at least 4 members (excludes halogenated alkanes) is 14. The molecule has 0 aliphatic carbocycles. The van der Waals surface area contributed by atoms with Crippen LogP contribution >= 0.6 is 0 Å². The molecule has 12 N–H and O–H groups in total. The fourth-order valence-electron chi connectivity index (χ4n) is 2.64. The predicted octanol–water partition coefficient (Wildman–Crippen LogP) is 4.79. The first-order valence-corrected chi connectivity index (χ1v) is 11.0. The maximum atomic E-state index is 10.2. The van der Waals surface area contributed by atoms with Crippen LogP contribution in [0.1, 0.15) is 110 Å². The molecule has 0 bridgehead atoms. The van der Waals surface area contributed by atoms with Crippen molar-refractivity contribution in [3.63, 3.8) is 0 Å². The van der Waals surface area contributed by atoms with Crippen molar-refractivity contribution < 1.29 is 27.4 Å². The zero-order valence-corrected chi connectivity index (χ0v) is 19.5. The van der Waals surface area contributed by atoms with Crippen LogP contribution in [0.15, 0.2) is 0 Å². The highest BCUT2D eigenvalue weighted by molar-refractivity contribution is 7.79. The average molecular weight is 434 g/mol. The Kier molecular flexibility index (Phi) is 38.5. The Labute approximate surface area is 172 Å². The zero-order chi connectivity index (χ0) is 19.4. The summed E-state index contributed by atoms with van der Waals surface area (Å²) in [6.45, 7) is 2.27. The van der Waals surface area contributed by atoms with E-state index >= 15 is 0 Å². The first kappa shape index (κ1) is 37.9. The number of carboxylic acid groups (broad SMARTS) is 1. The number of quaternary nitrogens is 3. The number of carbonyl (C=O) groups is 1. The monoisotopic (exact) mass is 433 g/mol. The lowest BCUT2D eigenvalue weighted by molar-refractivity contribution is -0.305. The van der Waals surface area contributed by atoms with Gasteiger partial charge in [0.25, 0.3) is 0 Å². The molecule has 0 fully saturated rings. The second kappa shape index (κ2) is 28.4. The molecule has 0 aliphatic rings. The minimum atomic E-state index is -5.17. The van der Waals surface area contributed by atoms with Gasteiger partial charge >= 0.3 is 0 Å². The SMILES string of the molecule is CCCCCCCCCCCCCCCCCC(=O)[O-].O=S(=O)([O-])[O-].[NH4+].[NH4+].[NH4+]. The van der Waals surface area contributed by atoms with Crippen LogP contribution in [0.4, 0.5) is 0 Å². The minimum absolute atomic E-state index is 0. The lowest BCUT2D eigenvalue weighted by Crippen LogP contribution is -2.21. The molecule has 0 saturated carbocycles. The molecule has 0 aromatic carbocycles. The van der Waals surface area contributed by atoms with Gasteiger partial charge in [-0.25, -0.2) is 0 Å². The van der Waals surface area contributed by atoms with Crippen LogP contribution < -0.4 is 23.6 Å². The Morgan fingerprint density at radius 1 is 0.607 bits per heavy atom. The van der Waals surface area contributed by atoms with E-state index in [-0.39, 0.29) is 24.9 Å². The number of carboxylic acids is 1. The first-order chi connectivity index (χ1) is 11.8. The number of hydrogen-bond donors (Lipinski definition) is 3. The van der Waals surface area contributed by atoms with E-state index in [1.807, 2.05) is 0 Å². The lowest BCUT2D eigenvalue weighted by Gasteiger charge is -2.06. The minimum Gasteiger partial charge on any atom is -0.759 e.